The van der Waals surface area contributed by atoms with Crippen LogP contribution in [0.3, 0.4) is 0 Å². The summed E-state index contributed by atoms with van der Waals surface area (Å²) in [6.07, 6.45) is -0.307. The molecule has 1 atom stereocenters. The third kappa shape index (κ3) is 4.33. The van der Waals surface area contributed by atoms with Crippen molar-refractivity contribution in [2.24, 2.45) is 5.41 Å². The van der Waals surface area contributed by atoms with Crippen molar-refractivity contribution in [3.8, 4) is 0 Å². The zero-order chi connectivity index (χ0) is 12.2. The summed E-state index contributed by atoms with van der Waals surface area (Å²) in [5.41, 5.74) is 2.48. The fraction of sp³-hybridized carbons (Fsp3) is 0.571. The second kappa shape index (κ2) is 5.46. The van der Waals surface area contributed by atoms with Crippen LogP contribution in [0.1, 0.15) is 31.9 Å². The molecule has 1 unspecified atom stereocenters. The lowest BCUT2D eigenvalue weighted by atomic mass is 9.89. The summed E-state index contributed by atoms with van der Waals surface area (Å²) in [5.74, 6) is 0. The van der Waals surface area contributed by atoms with E-state index in [4.69, 9.17) is 0 Å². The van der Waals surface area contributed by atoms with Gasteiger partial charge >= 0.3 is 0 Å². The van der Waals surface area contributed by atoms with Crippen LogP contribution in [0.15, 0.2) is 24.3 Å². The van der Waals surface area contributed by atoms with Crippen molar-refractivity contribution >= 4 is 0 Å². The average molecular weight is 221 g/mol. The lowest BCUT2D eigenvalue weighted by molar-refractivity contribution is 0.0628. The van der Waals surface area contributed by atoms with E-state index >= 15 is 0 Å². The fourth-order valence-electron chi connectivity index (χ4n) is 1.37. The minimum atomic E-state index is -0.307. The summed E-state index contributed by atoms with van der Waals surface area (Å²) in [7, 11) is 0. The number of aryl methyl sites for hydroxylation is 1. The Labute approximate surface area is 98.7 Å². The number of nitrogens with one attached hydrogen (secondary N) is 1. The highest BCUT2D eigenvalue weighted by Crippen LogP contribution is 2.18. The van der Waals surface area contributed by atoms with Gasteiger partial charge in [-0.1, -0.05) is 50.6 Å². The van der Waals surface area contributed by atoms with E-state index in [2.05, 4.69) is 36.5 Å². The number of benzene rings is 1. The number of aliphatic hydroxyl groups excluding tert-OH is 1. The van der Waals surface area contributed by atoms with Crippen LogP contribution in [-0.4, -0.2) is 17.8 Å². The van der Waals surface area contributed by atoms with Crippen molar-refractivity contribution in [3.05, 3.63) is 35.4 Å². The van der Waals surface area contributed by atoms with E-state index in [1.54, 1.807) is 0 Å². The van der Waals surface area contributed by atoms with E-state index < -0.39 is 0 Å². The van der Waals surface area contributed by atoms with Crippen LogP contribution in [-0.2, 0) is 6.54 Å². The number of rotatable bonds is 4. The smallest absolute Gasteiger partial charge is 0.0712 e. The van der Waals surface area contributed by atoms with E-state index in [0.29, 0.717) is 6.54 Å². The predicted octanol–water partition coefficient (Wildman–Crippen LogP) is 2.49. The van der Waals surface area contributed by atoms with Crippen LogP contribution in [0.5, 0.6) is 0 Å². The Hall–Kier alpha value is -0.860. The van der Waals surface area contributed by atoms with E-state index in [1.165, 1.54) is 11.1 Å². The Morgan fingerprint density at radius 1 is 1.19 bits per heavy atom. The lowest BCUT2D eigenvalue weighted by Gasteiger charge is -2.26. The van der Waals surface area contributed by atoms with Gasteiger partial charge < -0.3 is 10.4 Å². The van der Waals surface area contributed by atoms with Crippen molar-refractivity contribution in [1.82, 2.24) is 5.32 Å². The van der Waals surface area contributed by atoms with Gasteiger partial charge in [-0.2, -0.15) is 0 Å². The topological polar surface area (TPSA) is 32.3 Å². The fourth-order valence-corrected chi connectivity index (χ4v) is 1.37. The zero-order valence-electron chi connectivity index (χ0n) is 10.7. The molecule has 2 heteroatoms. The van der Waals surface area contributed by atoms with Crippen LogP contribution >= 0.6 is 0 Å². The van der Waals surface area contributed by atoms with E-state index in [0.717, 1.165) is 6.54 Å². The summed E-state index contributed by atoms with van der Waals surface area (Å²) in [5, 5.41) is 13.1. The van der Waals surface area contributed by atoms with E-state index in [1.807, 2.05) is 20.8 Å². The van der Waals surface area contributed by atoms with Gasteiger partial charge in [0.2, 0.25) is 0 Å². The molecule has 1 aromatic rings. The van der Waals surface area contributed by atoms with Gasteiger partial charge in [0.1, 0.15) is 0 Å². The molecule has 1 aromatic carbocycles. The molecule has 0 aliphatic carbocycles. The third-order valence-corrected chi connectivity index (χ3v) is 2.79. The van der Waals surface area contributed by atoms with E-state index in [9.17, 15) is 5.11 Å². The van der Waals surface area contributed by atoms with Crippen molar-refractivity contribution in [3.63, 3.8) is 0 Å². The standard InChI is InChI=1S/C14H23NO/c1-11-5-7-12(8-6-11)9-15-10-13(16)14(2,3)4/h5-8,13,15-16H,9-10H2,1-4H3. The second-order valence-electron chi connectivity index (χ2n) is 5.50. The summed E-state index contributed by atoms with van der Waals surface area (Å²) in [6.45, 7) is 9.67. The molecule has 0 amide bonds. The average Bonchev–Trinajstić information content (AvgIpc) is 2.19. The normalized spacial score (nSPS) is 13.8. The Balaban J connectivity index is 2.33. The Kier molecular flexibility index (Phi) is 4.51. The Morgan fingerprint density at radius 3 is 2.25 bits per heavy atom. The van der Waals surface area contributed by atoms with E-state index in [-0.39, 0.29) is 11.5 Å². The second-order valence-corrected chi connectivity index (χ2v) is 5.50. The first kappa shape index (κ1) is 13.2. The van der Waals surface area contributed by atoms with Gasteiger partial charge in [0, 0.05) is 13.1 Å². The predicted molar refractivity (Wildman–Crippen MR) is 68.3 cm³/mol. The molecule has 0 aromatic heterocycles. The molecule has 0 fully saturated rings. The molecule has 1 rings (SSSR count). The minimum Gasteiger partial charge on any atom is -0.391 e. The van der Waals surface area contributed by atoms with Gasteiger partial charge in [0.05, 0.1) is 6.10 Å². The molecule has 0 saturated carbocycles. The summed E-state index contributed by atoms with van der Waals surface area (Å²) in [4.78, 5) is 0. The van der Waals surface area contributed by atoms with Gasteiger partial charge in [-0.05, 0) is 17.9 Å². The molecular formula is C14H23NO. The van der Waals surface area contributed by atoms with Crippen LogP contribution in [0.25, 0.3) is 0 Å². The molecule has 90 valence electrons. The highest BCUT2D eigenvalue weighted by atomic mass is 16.3. The molecule has 2 nitrogen and oxygen atoms in total. The Bertz CT molecular complexity index is 311. The van der Waals surface area contributed by atoms with Crippen molar-refractivity contribution in [1.29, 1.82) is 0 Å². The van der Waals surface area contributed by atoms with Gasteiger partial charge in [-0.25, -0.2) is 0 Å². The van der Waals surface area contributed by atoms with Gasteiger partial charge in [0.15, 0.2) is 0 Å². The minimum absolute atomic E-state index is 0.0553. The highest BCUT2D eigenvalue weighted by Gasteiger charge is 2.21. The van der Waals surface area contributed by atoms with Crippen LogP contribution < -0.4 is 5.32 Å². The van der Waals surface area contributed by atoms with Crippen LogP contribution in [0.4, 0.5) is 0 Å². The Morgan fingerprint density at radius 2 is 1.75 bits per heavy atom. The molecule has 0 radical (unpaired) electrons. The number of hydrogen-bond donors (Lipinski definition) is 2. The molecule has 0 aliphatic heterocycles. The van der Waals surface area contributed by atoms with Crippen LogP contribution in [0, 0.1) is 12.3 Å². The highest BCUT2D eigenvalue weighted by molar-refractivity contribution is 5.21. The van der Waals surface area contributed by atoms with Crippen LogP contribution in [0.2, 0.25) is 0 Å². The maximum atomic E-state index is 9.85. The molecule has 0 saturated heterocycles. The number of hydrogen-bond acceptors (Lipinski definition) is 2. The molecule has 2 N–H and O–H groups in total. The molecular weight excluding hydrogens is 198 g/mol. The SMILES string of the molecule is Cc1ccc(CNCC(O)C(C)(C)C)cc1. The van der Waals surface area contributed by atoms with Gasteiger partial charge in [-0.15, -0.1) is 0 Å². The molecule has 16 heavy (non-hydrogen) atoms. The van der Waals surface area contributed by atoms with Gasteiger partial charge in [-0.3, -0.25) is 0 Å². The first-order chi connectivity index (χ1) is 7.39. The monoisotopic (exact) mass is 221 g/mol. The molecule has 0 spiro atoms. The largest absolute Gasteiger partial charge is 0.391 e. The quantitative estimate of drug-likeness (QED) is 0.818. The maximum Gasteiger partial charge on any atom is 0.0712 e. The van der Waals surface area contributed by atoms with Crippen molar-refractivity contribution in [2.75, 3.05) is 6.54 Å². The summed E-state index contributed by atoms with van der Waals surface area (Å²) >= 11 is 0. The molecule has 0 heterocycles. The van der Waals surface area contributed by atoms with Crippen molar-refractivity contribution < 1.29 is 5.11 Å². The first-order valence-electron chi connectivity index (χ1n) is 5.84. The molecule has 0 aliphatic rings. The summed E-state index contributed by atoms with van der Waals surface area (Å²) in [6, 6.07) is 8.45. The zero-order valence-corrected chi connectivity index (χ0v) is 10.7. The molecule has 0 bridgehead atoms. The third-order valence-electron chi connectivity index (χ3n) is 2.79. The summed E-state index contributed by atoms with van der Waals surface area (Å²) < 4.78 is 0. The first-order valence-corrected chi connectivity index (χ1v) is 5.84. The number of aliphatic hydroxyl groups is 1. The van der Waals surface area contributed by atoms with Crippen molar-refractivity contribution in [2.45, 2.75) is 40.3 Å². The lowest BCUT2D eigenvalue weighted by Crippen LogP contribution is -2.36. The maximum absolute atomic E-state index is 9.85. The van der Waals surface area contributed by atoms with Gasteiger partial charge in [0.25, 0.3) is 0 Å².